The Hall–Kier alpha value is -0.340. The summed E-state index contributed by atoms with van der Waals surface area (Å²) in [4.78, 5) is 0. The molecule has 0 heterocycles. The molecule has 2 aliphatic rings. The number of hydrogen-bond donors (Lipinski definition) is 2. The summed E-state index contributed by atoms with van der Waals surface area (Å²) >= 11 is 0. The van der Waals surface area contributed by atoms with Gasteiger partial charge in [-0.25, -0.2) is 0 Å². The second kappa shape index (κ2) is 4.40. The summed E-state index contributed by atoms with van der Waals surface area (Å²) in [6, 6.07) is 0. The van der Waals surface area contributed by atoms with Crippen LogP contribution in [0.2, 0.25) is 0 Å². The number of fused-ring (bicyclic) bond motifs is 1. The van der Waals surface area contributed by atoms with Crippen LogP contribution in [0.5, 0.6) is 0 Å². The van der Waals surface area contributed by atoms with Crippen molar-refractivity contribution < 1.29 is 10.2 Å². The van der Waals surface area contributed by atoms with E-state index in [2.05, 4.69) is 27.4 Å². The minimum absolute atomic E-state index is 0.117. The van der Waals surface area contributed by atoms with Gasteiger partial charge >= 0.3 is 0 Å². The predicted octanol–water partition coefficient (Wildman–Crippen LogP) is 2.75. The quantitative estimate of drug-likeness (QED) is 0.690. The van der Waals surface area contributed by atoms with E-state index in [4.69, 9.17) is 0 Å². The van der Waals surface area contributed by atoms with E-state index in [1.54, 1.807) is 0 Å². The van der Waals surface area contributed by atoms with E-state index < -0.39 is 6.10 Å². The minimum atomic E-state index is -0.424. The van der Waals surface area contributed by atoms with Crippen molar-refractivity contribution in [3.8, 4) is 0 Å². The fraction of sp³-hybridized carbons (Fsp3) is 0.867. The molecule has 0 aromatic carbocycles. The lowest BCUT2D eigenvalue weighted by Crippen LogP contribution is -2.42. The number of hydrogen-bond acceptors (Lipinski definition) is 2. The smallest absolute Gasteiger partial charge is 0.0784 e. The Labute approximate surface area is 105 Å². The van der Waals surface area contributed by atoms with Gasteiger partial charge in [0.05, 0.1) is 12.2 Å². The van der Waals surface area contributed by atoms with Gasteiger partial charge in [0.2, 0.25) is 0 Å². The molecule has 0 unspecified atom stereocenters. The third kappa shape index (κ3) is 1.96. The van der Waals surface area contributed by atoms with Crippen molar-refractivity contribution in [3.63, 3.8) is 0 Å². The molecule has 2 aliphatic carbocycles. The topological polar surface area (TPSA) is 40.5 Å². The Bertz CT molecular complexity index is 310. The van der Waals surface area contributed by atoms with Crippen LogP contribution in [0.25, 0.3) is 0 Å². The van der Waals surface area contributed by atoms with E-state index in [9.17, 15) is 10.2 Å². The van der Waals surface area contributed by atoms with Gasteiger partial charge in [0.1, 0.15) is 0 Å². The van der Waals surface area contributed by atoms with Crippen LogP contribution in [0.1, 0.15) is 46.5 Å². The normalized spacial score (nSPS) is 47.1. The monoisotopic (exact) mass is 238 g/mol. The maximum atomic E-state index is 10.5. The van der Waals surface area contributed by atoms with Crippen molar-refractivity contribution in [1.29, 1.82) is 0 Å². The fourth-order valence-electron chi connectivity index (χ4n) is 4.10. The van der Waals surface area contributed by atoms with Crippen LogP contribution in [-0.2, 0) is 0 Å². The summed E-state index contributed by atoms with van der Waals surface area (Å²) < 4.78 is 0. The lowest BCUT2D eigenvalue weighted by atomic mass is 9.68. The van der Waals surface area contributed by atoms with E-state index in [0.717, 1.165) is 31.3 Å². The molecule has 2 saturated carbocycles. The number of rotatable bonds is 1. The Balaban J connectivity index is 2.37. The van der Waals surface area contributed by atoms with Gasteiger partial charge in [0, 0.05) is 0 Å². The van der Waals surface area contributed by atoms with Crippen LogP contribution in [-0.4, -0.2) is 22.4 Å². The zero-order chi connectivity index (χ0) is 12.8. The highest BCUT2D eigenvalue weighted by Crippen LogP contribution is 2.56. The summed E-state index contributed by atoms with van der Waals surface area (Å²) in [5.74, 6) is 1.27. The molecule has 98 valence electrons. The summed E-state index contributed by atoms with van der Waals surface area (Å²) in [6.07, 6.45) is 2.97. The molecule has 5 atom stereocenters. The van der Waals surface area contributed by atoms with Crippen LogP contribution in [0.3, 0.4) is 0 Å². The molecule has 2 rings (SSSR count). The first-order valence-electron chi connectivity index (χ1n) is 6.91. The van der Waals surface area contributed by atoms with E-state index in [1.807, 2.05) is 0 Å². The van der Waals surface area contributed by atoms with Gasteiger partial charge in [0.25, 0.3) is 0 Å². The lowest BCUT2D eigenvalue weighted by Gasteiger charge is -2.39. The van der Waals surface area contributed by atoms with Gasteiger partial charge in [-0.05, 0) is 54.4 Å². The number of aliphatic hydroxyl groups excluding tert-OH is 2. The molecule has 0 amide bonds. The summed E-state index contributed by atoms with van der Waals surface area (Å²) in [6.45, 7) is 10.6. The fourth-order valence-corrected chi connectivity index (χ4v) is 4.10. The maximum absolute atomic E-state index is 10.5. The molecule has 0 aromatic heterocycles. The highest BCUT2D eigenvalue weighted by Gasteiger charge is 2.54. The number of aliphatic hydroxyl groups is 2. The van der Waals surface area contributed by atoms with Crippen molar-refractivity contribution >= 4 is 0 Å². The van der Waals surface area contributed by atoms with Gasteiger partial charge in [0.15, 0.2) is 0 Å². The zero-order valence-electron chi connectivity index (χ0n) is 11.3. The average molecular weight is 238 g/mol. The van der Waals surface area contributed by atoms with Crippen molar-refractivity contribution in [1.82, 2.24) is 0 Å². The first-order valence-corrected chi connectivity index (χ1v) is 6.91. The van der Waals surface area contributed by atoms with Gasteiger partial charge < -0.3 is 10.2 Å². The van der Waals surface area contributed by atoms with E-state index in [0.29, 0.717) is 11.8 Å². The third-order valence-electron chi connectivity index (χ3n) is 5.35. The minimum Gasteiger partial charge on any atom is -0.393 e. The molecule has 0 radical (unpaired) electrons. The van der Waals surface area contributed by atoms with E-state index >= 15 is 0 Å². The van der Waals surface area contributed by atoms with Crippen molar-refractivity contribution in [2.24, 2.45) is 23.2 Å². The van der Waals surface area contributed by atoms with Gasteiger partial charge in [-0.1, -0.05) is 27.4 Å². The SMILES string of the molecule is C=C1CC[C@@H](O)[C@@]2(C)CC[C@H](C(C)C)[C@H]2[C@@H]1O. The second-order valence-corrected chi connectivity index (χ2v) is 6.64. The standard InChI is InChI=1S/C15H26O2/c1-9(2)11-7-8-15(4)12(16)6-5-10(3)14(17)13(11)15/h9,11-14,16-17H,3,5-8H2,1-2,4H3/t11-,12-,13+,14-,15-/m1/s1. The highest BCUT2D eigenvalue weighted by molar-refractivity contribution is 5.15. The zero-order valence-corrected chi connectivity index (χ0v) is 11.3. The Morgan fingerprint density at radius 3 is 2.53 bits per heavy atom. The van der Waals surface area contributed by atoms with Crippen LogP contribution in [0, 0.1) is 23.2 Å². The third-order valence-corrected chi connectivity index (χ3v) is 5.35. The second-order valence-electron chi connectivity index (χ2n) is 6.64. The maximum Gasteiger partial charge on any atom is 0.0784 e. The molecule has 2 nitrogen and oxygen atoms in total. The van der Waals surface area contributed by atoms with Gasteiger partial charge in [-0.15, -0.1) is 0 Å². The predicted molar refractivity (Wildman–Crippen MR) is 69.5 cm³/mol. The van der Waals surface area contributed by atoms with Crippen molar-refractivity contribution in [2.45, 2.75) is 58.7 Å². The summed E-state index contributed by atoms with van der Waals surface area (Å²) in [7, 11) is 0. The van der Waals surface area contributed by atoms with Gasteiger partial charge in [-0.2, -0.15) is 0 Å². The largest absolute Gasteiger partial charge is 0.393 e. The van der Waals surface area contributed by atoms with Crippen LogP contribution in [0.15, 0.2) is 12.2 Å². The molecule has 0 aliphatic heterocycles. The molecule has 0 aromatic rings. The molecule has 0 saturated heterocycles. The highest BCUT2D eigenvalue weighted by atomic mass is 16.3. The summed E-state index contributed by atoms with van der Waals surface area (Å²) in [5.41, 5.74) is 0.804. The summed E-state index contributed by atoms with van der Waals surface area (Å²) in [5, 5.41) is 20.9. The molecule has 2 fully saturated rings. The molecule has 17 heavy (non-hydrogen) atoms. The molecule has 2 heteroatoms. The van der Waals surface area contributed by atoms with Crippen molar-refractivity contribution in [2.75, 3.05) is 0 Å². The lowest BCUT2D eigenvalue weighted by molar-refractivity contribution is -0.0371. The molecule has 0 bridgehead atoms. The molecule has 0 spiro atoms. The van der Waals surface area contributed by atoms with Crippen LogP contribution in [0.4, 0.5) is 0 Å². The Morgan fingerprint density at radius 1 is 1.29 bits per heavy atom. The molecule has 2 N–H and O–H groups in total. The Kier molecular flexibility index (Phi) is 3.39. The first kappa shape index (κ1) is 13.1. The molecular weight excluding hydrogens is 212 g/mol. The van der Waals surface area contributed by atoms with E-state index in [-0.39, 0.29) is 17.4 Å². The van der Waals surface area contributed by atoms with Crippen LogP contribution >= 0.6 is 0 Å². The Morgan fingerprint density at radius 2 is 1.94 bits per heavy atom. The van der Waals surface area contributed by atoms with Crippen molar-refractivity contribution in [3.05, 3.63) is 12.2 Å². The first-order chi connectivity index (χ1) is 7.88. The van der Waals surface area contributed by atoms with E-state index in [1.165, 1.54) is 0 Å². The molecular formula is C15H26O2. The van der Waals surface area contributed by atoms with Gasteiger partial charge in [-0.3, -0.25) is 0 Å². The van der Waals surface area contributed by atoms with Crippen LogP contribution < -0.4 is 0 Å². The average Bonchev–Trinajstić information content (AvgIpc) is 2.60.